The second kappa shape index (κ2) is 7.20. The summed E-state index contributed by atoms with van der Waals surface area (Å²) in [5, 5.41) is 10.6. The molecule has 0 radical (unpaired) electrons. The lowest BCUT2D eigenvalue weighted by Gasteiger charge is -2.32. The summed E-state index contributed by atoms with van der Waals surface area (Å²) in [6, 6.07) is 7.27. The predicted molar refractivity (Wildman–Crippen MR) is 101 cm³/mol. The van der Waals surface area contributed by atoms with Crippen LogP contribution in [0.2, 0.25) is 0 Å². The number of hydrogen-bond donors (Lipinski definition) is 2. The van der Waals surface area contributed by atoms with Crippen LogP contribution in [0.25, 0.3) is 22.4 Å². The van der Waals surface area contributed by atoms with Crippen LogP contribution in [0.3, 0.4) is 0 Å². The van der Waals surface area contributed by atoms with Crippen molar-refractivity contribution in [3.63, 3.8) is 0 Å². The van der Waals surface area contributed by atoms with Crippen LogP contribution in [0, 0.1) is 0 Å². The molecule has 9 nitrogen and oxygen atoms in total. The van der Waals surface area contributed by atoms with Crippen LogP contribution in [0.5, 0.6) is 0 Å². The standard InChI is InChI=1S/C18H20N6O3/c1-11-10-24(7-8-27-11)17-14-9-19-23-16(14)21-15(22-17)12-3-5-13(6-4-12)20-18(25)26-2/h3-6,9,11H,7-8,10H2,1-2H3,(H,20,25)(H,19,21,22,23). The van der Waals surface area contributed by atoms with Gasteiger partial charge in [-0.05, 0) is 31.2 Å². The van der Waals surface area contributed by atoms with E-state index in [-0.39, 0.29) is 6.10 Å². The molecule has 1 saturated heterocycles. The SMILES string of the molecule is COC(=O)Nc1ccc(-c2nc(N3CCOC(C)C3)c3cn[nH]c3n2)cc1. The van der Waals surface area contributed by atoms with Crippen molar-refractivity contribution in [1.82, 2.24) is 20.2 Å². The van der Waals surface area contributed by atoms with Crippen LogP contribution in [0.4, 0.5) is 16.3 Å². The van der Waals surface area contributed by atoms with Gasteiger partial charge >= 0.3 is 6.09 Å². The Morgan fingerprint density at radius 1 is 1.33 bits per heavy atom. The number of fused-ring (bicyclic) bond motifs is 1. The fourth-order valence-electron chi connectivity index (χ4n) is 3.07. The molecule has 140 valence electrons. The molecular weight excluding hydrogens is 348 g/mol. The minimum absolute atomic E-state index is 0.141. The molecule has 0 bridgehead atoms. The zero-order valence-corrected chi connectivity index (χ0v) is 15.1. The number of nitrogens with one attached hydrogen (secondary N) is 2. The number of carbonyl (C=O) groups is 1. The van der Waals surface area contributed by atoms with Crippen LogP contribution < -0.4 is 10.2 Å². The molecule has 3 heterocycles. The summed E-state index contributed by atoms with van der Waals surface area (Å²) in [5.74, 6) is 1.43. The highest BCUT2D eigenvalue weighted by molar-refractivity contribution is 5.88. The second-order valence-corrected chi connectivity index (χ2v) is 6.32. The van der Waals surface area contributed by atoms with Gasteiger partial charge in [-0.1, -0.05) is 0 Å². The van der Waals surface area contributed by atoms with E-state index in [0.29, 0.717) is 23.8 Å². The monoisotopic (exact) mass is 368 g/mol. The molecule has 0 aliphatic carbocycles. The number of rotatable bonds is 3. The van der Waals surface area contributed by atoms with Gasteiger partial charge in [-0.15, -0.1) is 0 Å². The normalized spacial score (nSPS) is 17.1. The van der Waals surface area contributed by atoms with Crippen LogP contribution in [-0.2, 0) is 9.47 Å². The zero-order valence-electron chi connectivity index (χ0n) is 15.1. The molecule has 1 aromatic carbocycles. The first-order chi connectivity index (χ1) is 13.1. The van der Waals surface area contributed by atoms with Gasteiger partial charge in [-0.3, -0.25) is 10.4 Å². The number of nitrogens with zero attached hydrogens (tertiary/aromatic N) is 4. The fourth-order valence-corrected chi connectivity index (χ4v) is 3.07. The molecule has 2 aromatic heterocycles. The Morgan fingerprint density at radius 2 is 2.15 bits per heavy atom. The number of morpholine rings is 1. The summed E-state index contributed by atoms with van der Waals surface area (Å²) < 4.78 is 10.2. The summed E-state index contributed by atoms with van der Waals surface area (Å²) >= 11 is 0. The first-order valence-corrected chi connectivity index (χ1v) is 8.67. The second-order valence-electron chi connectivity index (χ2n) is 6.32. The Morgan fingerprint density at radius 3 is 2.89 bits per heavy atom. The van der Waals surface area contributed by atoms with Gasteiger partial charge in [0.05, 0.1) is 31.4 Å². The quantitative estimate of drug-likeness (QED) is 0.731. The maximum absolute atomic E-state index is 11.3. The van der Waals surface area contributed by atoms with E-state index in [0.717, 1.165) is 29.9 Å². The molecule has 1 atom stereocenters. The molecule has 1 aliphatic heterocycles. The highest BCUT2D eigenvalue weighted by atomic mass is 16.5. The molecule has 3 aromatic rings. The number of ether oxygens (including phenoxy) is 2. The number of carbonyl (C=O) groups excluding carboxylic acids is 1. The highest BCUT2D eigenvalue weighted by Gasteiger charge is 2.22. The van der Waals surface area contributed by atoms with Crippen LogP contribution >= 0.6 is 0 Å². The van der Waals surface area contributed by atoms with Gasteiger partial charge in [-0.25, -0.2) is 14.8 Å². The van der Waals surface area contributed by atoms with Crippen LogP contribution in [-0.4, -0.2) is 59.2 Å². The number of hydrogen-bond acceptors (Lipinski definition) is 7. The lowest BCUT2D eigenvalue weighted by atomic mass is 10.2. The Balaban J connectivity index is 1.69. The number of benzene rings is 1. The van der Waals surface area contributed by atoms with Gasteiger partial charge in [0.2, 0.25) is 0 Å². The third kappa shape index (κ3) is 3.54. The van der Waals surface area contributed by atoms with E-state index in [1.54, 1.807) is 18.3 Å². The van der Waals surface area contributed by atoms with Crippen molar-refractivity contribution in [3.8, 4) is 11.4 Å². The molecule has 0 saturated carbocycles. The first-order valence-electron chi connectivity index (χ1n) is 8.67. The molecular formula is C18H20N6O3. The first kappa shape index (κ1) is 17.2. The van der Waals surface area contributed by atoms with Gasteiger partial charge in [0, 0.05) is 24.3 Å². The van der Waals surface area contributed by atoms with Crippen molar-refractivity contribution < 1.29 is 14.3 Å². The molecule has 0 spiro atoms. The van der Waals surface area contributed by atoms with Gasteiger partial charge in [0.15, 0.2) is 11.5 Å². The predicted octanol–water partition coefficient (Wildman–Crippen LogP) is 2.42. The minimum atomic E-state index is -0.512. The zero-order chi connectivity index (χ0) is 18.8. The molecule has 1 aliphatic rings. The fraction of sp³-hybridized carbons (Fsp3) is 0.333. The summed E-state index contributed by atoms with van der Waals surface area (Å²) in [4.78, 5) is 22.9. The number of anilines is 2. The number of amides is 1. The molecule has 4 rings (SSSR count). The maximum Gasteiger partial charge on any atom is 0.411 e. The molecule has 27 heavy (non-hydrogen) atoms. The number of methoxy groups -OCH3 is 1. The Bertz CT molecular complexity index is 955. The average molecular weight is 368 g/mol. The van der Waals surface area contributed by atoms with Gasteiger partial charge in [0.1, 0.15) is 5.82 Å². The molecule has 1 amide bonds. The highest BCUT2D eigenvalue weighted by Crippen LogP contribution is 2.28. The number of H-pyrrole nitrogens is 1. The van der Waals surface area contributed by atoms with Crippen molar-refractivity contribution >= 4 is 28.6 Å². The molecule has 9 heteroatoms. The van der Waals surface area contributed by atoms with E-state index in [2.05, 4.69) is 30.1 Å². The summed E-state index contributed by atoms with van der Waals surface area (Å²) in [7, 11) is 1.32. The van der Waals surface area contributed by atoms with E-state index in [4.69, 9.17) is 9.72 Å². The number of aromatic nitrogens is 4. The van der Waals surface area contributed by atoms with Crippen molar-refractivity contribution in [2.24, 2.45) is 0 Å². The van der Waals surface area contributed by atoms with E-state index in [9.17, 15) is 4.79 Å². The third-order valence-electron chi connectivity index (χ3n) is 4.41. The van der Waals surface area contributed by atoms with Crippen molar-refractivity contribution in [2.75, 3.05) is 37.0 Å². The molecule has 1 unspecified atom stereocenters. The van der Waals surface area contributed by atoms with Crippen molar-refractivity contribution in [3.05, 3.63) is 30.5 Å². The van der Waals surface area contributed by atoms with E-state index in [1.807, 2.05) is 19.1 Å². The smallest absolute Gasteiger partial charge is 0.411 e. The largest absolute Gasteiger partial charge is 0.453 e. The van der Waals surface area contributed by atoms with Crippen LogP contribution in [0.1, 0.15) is 6.92 Å². The summed E-state index contributed by atoms with van der Waals surface area (Å²) in [5.41, 5.74) is 2.16. The number of aromatic amines is 1. The molecule has 1 fully saturated rings. The minimum Gasteiger partial charge on any atom is -0.453 e. The van der Waals surface area contributed by atoms with Crippen LogP contribution in [0.15, 0.2) is 30.5 Å². The summed E-state index contributed by atoms with van der Waals surface area (Å²) in [6.07, 6.45) is 1.38. The lowest BCUT2D eigenvalue weighted by molar-refractivity contribution is 0.0530. The van der Waals surface area contributed by atoms with E-state index >= 15 is 0 Å². The average Bonchev–Trinajstić information content (AvgIpc) is 3.16. The van der Waals surface area contributed by atoms with Gasteiger partial charge in [0.25, 0.3) is 0 Å². The Hall–Kier alpha value is -3.20. The van der Waals surface area contributed by atoms with Crippen molar-refractivity contribution in [2.45, 2.75) is 13.0 Å². The third-order valence-corrected chi connectivity index (χ3v) is 4.41. The van der Waals surface area contributed by atoms with E-state index < -0.39 is 6.09 Å². The lowest BCUT2D eigenvalue weighted by Crippen LogP contribution is -2.41. The topological polar surface area (TPSA) is 105 Å². The molecule has 2 N–H and O–H groups in total. The van der Waals surface area contributed by atoms with Crippen molar-refractivity contribution in [1.29, 1.82) is 0 Å². The Kier molecular flexibility index (Phi) is 4.59. The summed E-state index contributed by atoms with van der Waals surface area (Å²) in [6.45, 7) is 4.24. The Labute approximate surface area is 155 Å². The van der Waals surface area contributed by atoms with Gasteiger partial charge in [-0.2, -0.15) is 5.10 Å². The van der Waals surface area contributed by atoms with Gasteiger partial charge < -0.3 is 14.4 Å². The maximum atomic E-state index is 11.3. The van der Waals surface area contributed by atoms with E-state index in [1.165, 1.54) is 7.11 Å².